The van der Waals surface area contributed by atoms with Gasteiger partial charge in [0.1, 0.15) is 0 Å². The number of rotatable bonds is 10. The van der Waals surface area contributed by atoms with E-state index in [1.54, 1.807) is 7.11 Å². The zero-order valence-electron chi connectivity index (χ0n) is 11.4. The van der Waals surface area contributed by atoms with Gasteiger partial charge in [0.25, 0.3) is 0 Å². The van der Waals surface area contributed by atoms with Gasteiger partial charge in [-0.15, -0.1) is 0 Å². The number of nitrogens with one attached hydrogen (secondary N) is 1. The van der Waals surface area contributed by atoms with Gasteiger partial charge in [-0.25, -0.2) is 0 Å². The molecule has 0 saturated heterocycles. The molecule has 0 spiro atoms. The molecule has 0 heterocycles. The van der Waals surface area contributed by atoms with Gasteiger partial charge < -0.3 is 15.2 Å². The van der Waals surface area contributed by atoms with Crippen molar-refractivity contribution in [2.75, 3.05) is 31.8 Å². The highest BCUT2D eigenvalue weighted by Gasteiger charge is 2.44. The zero-order valence-corrected chi connectivity index (χ0v) is 12.2. The molecule has 0 bridgehead atoms. The fraction of sp³-hybridized carbons (Fsp3) is 1.00. The van der Waals surface area contributed by atoms with Gasteiger partial charge >= 0.3 is 0 Å². The molecule has 0 aromatic heterocycles. The molecule has 1 atom stereocenters. The molecule has 2 N–H and O–H groups in total. The topological polar surface area (TPSA) is 41.5 Å². The molecule has 4 heteroatoms. The highest BCUT2D eigenvalue weighted by Crippen LogP contribution is 2.41. The zero-order chi connectivity index (χ0) is 12.7. The summed E-state index contributed by atoms with van der Waals surface area (Å²) < 4.78 is 5.05. The summed E-state index contributed by atoms with van der Waals surface area (Å²) in [5.41, 5.74) is -0.0497. The molecule has 0 aromatic rings. The molecular formula is C13H27NO2S. The third kappa shape index (κ3) is 5.16. The van der Waals surface area contributed by atoms with Crippen LogP contribution in [0.4, 0.5) is 0 Å². The predicted octanol–water partition coefficient (Wildman–Crippen LogP) is 1.90. The van der Waals surface area contributed by atoms with E-state index in [2.05, 4.69) is 19.2 Å². The molecule has 0 radical (unpaired) electrons. The molecule has 1 aliphatic rings. The van der Waals surface area contributed by atoms with Crippen LogP contribution in [-0.2, 0) is 4.74 Å². The normalized spacial score (nSPS) is 19.6. The second-order valence-corrected chi connectivity index (χ2v) is 6.39. The highest BCUT2D eigenvalue weighted by atomic mass is 32.2. The molecule has 102 valence electrons. The van der Waals surface area contributed by atoms with Crippen LogP contribution in [0.15, 0.2) is 0 Å². The number of methoxy groups -OCH3 is 1. The van der Waals surface area contributed by atoms with Gasteiger partial charge in [-0.3, -0.25) is 0 Å². The van der Waals surface area contributed by atoms with Gasteiger partial charge in [0, 0.05) is 25.5 Å². The average molecular weight is 261 g/mol. The molecule has 0 aliphatic heterocycles. The van der Waals surface area contributed by atoms with Crippen molar-refractivity contribution in [1.82, 2.24) is 5.32 Å². The SMILES string of the molecule is COCCCSCC(CO)(NC(C)C)C1CC1. The Balaban J connectivity index is 2.34. The lowest BCUT2D eigenvalue weighted by molar-refractivity contribution is 0.150. The van der Waals surface area contributed by atoms with Crippen molar-refractivity contribution in [2.45, 2.75) is 44.7 Å². The van der Waals surface area contributed by atoms with Crippen molar-refractivity contribution in [1.29, 1.82) is 0 Å². The quantitative estimate of drug-likeness (QED) is 0.589. The Morgan fingerprint density at radius 2 is 2.18 bits per heavy atom. The lowest BCUT2D eigenvalue weighted by Gasteiger charge is -2.35. The lowest BCUT2D eigenvalue weighted by Crippen LogP contribution is -2.55. The van der Waals surface area contributed by atoms with Crippen molar-refractivity contribution in [3.8, 4) is 0 Å². The summed E-state index contributed by atoms with van der Waals surface area (Å²) in [6, 6.07) is 0.433. The monoisotopic (exact) mass is 261 g/mol. The molecule has 1 fully saturated rings. The molecule has 1 unspecified atom stereocenters. The Morgan fingerprint density at radius 3 is 2.65 bits per heavy atom. The van der Waals surface area contributed by atoms with Gasteiger partial charge in [-0.2, -0.15) is 11.8 Å². The van der Waals surface area contributed by atoms with Gasteiger partial charge in [0.2, 0.25) is 0 Å². The largest absolute Gasteiger partial charge is 0.394 e. The number of ether oxygens (including phenoxy) is 1. The van der Waals surface area contributed by atoms with Gasteiger partial charge in [-0.1, -0.05) is 13.8 Å². The first-order chi connectivity index (χ1) is 8.14. The second kappa shape index (κ2) is 7.62. The number of hydrogen-bond acceptors (Lipinski definition) is 4. The number of aliphatic hydroxyl groups excluding tert-OH is 1. The van der Waals surface area contributed by atoms with E-state index in [-0.39, 0.29) is 12.1 Å². The Kier molecular flexibility index (Phi) is 6.85. The molecule has 0 amide bonds. The number of aliphatic hydroxyl groups is 1. The first kappa shape index (κ1) is 15.3. The average Bonchev–Trinajstić information content (AvgIpc) is 3.11. The minimum Gasteiger partial charge on any atom is -0.394 e. The smallest absolute Gasteiger partial charge is 0.0624 e. The fourth-order valence-corrected chi connectivity index (χ4v) is 3.51. The fourth-order valence-electron chi connectivity index (χ4n) is 2.27. The summed E-state index contributed by atoms with van der Waals surface area (Å²) >= 11 is 1.93. The summed E-state index contributed by atoms with van der Waals surface area (Å²) in [4.78, 5) is 0. The summed E-state index contributed by atoms with van der Waals surface area (Å²) in [6.07, 6.45) is 3.62. The van der Waals surface area contributed by atoms with E-state index in [4.69, 9.17) is 4.74 Å². The van der Waals surface area contributed by atoms with E-state index in [0.29, 0.717) is 12.0 Å². The van der Waals surface area contributed by atoms with Crippen LogP contribution < -0.4 is 5.32 Å². The van der Waals surface area contributed by atoms with Crippen molar-refractivity contribution < 1.29 is 9.84 Å². The third-order valence-electron chi connectivity index (χ3n) is 3.21. The van der Waals surface area contributed by atoms with E-state index < -0.39 is 0 Å². The lowest BCUT2D eigenvalue weighted by atomic mass is 9.95. The van der Waals surface area contributed by atoms with Crippen molar-refractivity contribution in [2.24, 2.45) is 5.92 Å². The Morgan fingerprint density at radius 1 is 1.47 bits per heavy atom. The Labute approximate surface area is 110 Å². The summed E-state index contributed by atoms with van der Waals surface area (Å²) in [7, 11) is 1.74. The molecule has 17 heavy (non-hydrogen) atoms. The maximum atomic E-state index is 9.74. The number of thioether (sulfide) groups is 1. The van der Waals surface area contributed by atoms with Crippen LogP contribution in [0.1, 0.15) is 33.1 Å². The third-order valence-corrected chi connectivity index (χ3v) is 4.51. The maximum Gasteiger partial charge on any atom is 0.0624 e. The van der Waals surface area contributed by atoms with Gasteiger partial charge in [0.05, 0.1) is 12.1 Å². The minimum atomic E-state index is -0.0497. The van der Waals surface area contributed by atoms with Crippen LogP contribution in [0.5, 0.6) is 0 Å². The highest BCUT2D eigenvalue weighted by molar-refractivity contribution is 7.99. The summed E-state index contributed by atoms with van der Waals surface area (Å²) in [5, 5.41) is 13.3. The van der Waals surface area contributed by atoms with Crippen LogP contribution in [0, 0.1) is 5.92 Å². The molecular weight excluding hydrogens is 234 g/mol. The van der Waals surface area contributed by atoms with Crippen molar-refractivity contribution in [3.63, 3.8) is 0 Å². The number of hydrogen-bond donors (Lipinski definition) is 2. The van der Waals surface area contributed by atoms with Gasteiger partial charge in [0.15, 0.2) is 0 Å². The van der Waals surface area contributed by atoms with Crippen LogP contribution in [0.2, 0.25) is 0 Å². The minimum absolute atomic E-state index is 0.0497. The van der Waals surface area contributed by atoms with Crippen LogP contribution in [0.25, 0.3) is 0 Å². The maximum absolute atomic E-state index is 9.74. The summed E-state index contributed by atoms with van der Waals surface area (Å²) in [5.74, 6) is 2.79. The van der Waals surface area contributed by atoms with Gasteiger partial charge in [-0.05, 0) is 30.9 Å². The molecule has 0 aromatic carbocycles. The predicted molar refractivity (Wildman–Crippen MR) is 74.6 cm³/mol. The molecule has 1 rings (SSSR count). The van der Waals surface area contributed by atoms with Crippen LogP contribution in [-0.4, -0.2) is 48.5 Å². The van der Waals surface area contributed by atoms with E-state index in [1.165, 1.54) is 12.8 Å². The first-order valence-electron chi connectivity index (χ1n) is 6.60. The van der Waals surface area contributed by atoms with Crippen LogP contribution in [0.3, 0.4) is 0 Å². The van der Waals surface area contributed by atoms with E-state index in [1.807, 2.05) is 11.8 Å². The first-order valence-corrected chi connectivity index (χ1v) is 7.75. The molecule has 3 nitrogen and oxygen atoms in total. The van der Waals surface area contributed by atoms with Crippen molar-refractivity contribution in [3.05, 3.63) is 0 Å². The van der Waals surface area contributed by atoms with Crippen molar-refractivity contribution >= 4 is 11.8 Å². The summed E-state index contributed by atoms with van der Waals surface area (Å²) in [6.45, 7) is 5.40. The second-order valence-electron chi connectivity index (χ2n) is 5.29. The molecule has 1 saturated carbocycles. The standard InChI is InChI=1S/C13H27NO2S/c1-11(2)14-13(9-15,12-5-6-12)10-17-8-4-7-16-3/h11-12,14-15H,4-10H2,1-3H3. The molecule has 1 aliphatic carbocycles. The van der Waals surface area contributed by atoms with E-state index in [0.717, 1.165) is 24.5 Å². The van der Waals surface area contributed by atoms with Crippen LogP contribution >= 0.6 is 11.8 Å². The van der Waals surface area contributed by atoms with E-state index in [9.17, 15) is 5.11 Å². The van der Waals surface area contributed by atoms with E-state index >= 15 is 0 Å². The Hall–Kier alpha value is 0.230. The Bertz CT molecular complexity index is 210.